The minimum atomic E-state index is -0.854. The van der Waals surface area contributed by atoms with Crippen LogP contribution in [0.15, 0.2) is 28.6 Å². The van der Waals surface area contributed by atoms with Crippen molar-refractivity contribution in [1.29, 1.82) is 0 Å². The number of benzene rings is 1. The summed E-state index contributed by atoms with van der Waals surface area (Å²) in [7, 11) is 0. The van der Waals surface area contributed by atoms with Gasteiger partial charge in [0.1, 0.15) is 0 Å². The Balaban J connectivity index is 1.95. The van der Waals surface area contributed by atoms with Crippen LogP contribution in [0.25, 0.3) is 0 Å². The van der Waals surface area contributed by atoms with Gasteiger partial charge < -0.3 is 10.4 Å². The van der Waals surface area contributed by atoms with E-state index < -0.39 is 5.97 Å². The van der Waals surface area contributed by atoms with Crippen molar-refractivity contribution in [3.8, 4) is 0 Å². The van der Waals surface area contributed by atoms with Gasteiger partial charge in [0.2, 0.25) is 5.13 Å². The number of rotatable bonds is 6. The number of carboxylic acid groups (broad SMARTS) is 1. The van der Waals surface area contributed by atoms with Gasteiger partial charge in [0.05, 0.1) is 11.8 Å². The summed E-state index contributed by atoms with van der Waals surface area (Å²) in [6.07, 6.45) is 0. The maximum atomic E-state index is 10.5. The van der Waals surface area contributed by atoms with Gasteiger partial charge in [0.15, 0.2) is 4.34 Å². The molecule has 0 fully saturated rings. The third kappa shape index (κ3) is 4.21. The highest BCUT2D eigenvalue weighted by Gasteiger charge is 2.10. The number of nitrogens with one attached hydrogen (secondary N) is 1. The molecule has 2 aromatic rings. The van der Waals surface area contributed by atoms with E-state index in [1.807, 2.05) is 0 Å². The molecular formula is C13H15N3O2S2. The molecule has 106 valence electrons. The Hall–Kier alpha value is -1.60. The number of aliphatic carboxylic acids is 1. The molecule has 1 unspecified atom stereocenters. The standard InChI is InChI=1S/C13H15N3O2S2/c1-8-3-5-10(6-4-8)9(2)14-12-15-16-13(20-12)19-7-11(17)18/h3-6,9H,7H2,1-2H3,(H,14,15)(H,17,18). The molecule has 1 heterocycles. The Morgan fingerprint density at radius 1 is 1.40 bits per heavy atom. The van der Waals surface area contributed by atoms with Crippen LogP contribution in [0, 0.1) is 6.92 Å². The van der Waals surface area contributed by atoms with Crippen molar-refractivity contribution in [2.24, 2.45) is 0 Å². The highest BCUT2D eigenvalue weighted by molar-refractivity contribution is 8.01. The van der Waals surface area contributed by atoms with Crippen LogP contribution in [0.2, 0.25) is 0 Å². The molecule has 0 aliphatic rings. The quantitative estimate of drug-likeness (QED) is 0.798. The summed E-state index contributed by atoms with van der Waals surface area (Å²) in [5.41, 5.74) is 2.40. The number of hydrogen-bond donors (Lipinski definition) is 2. The second-order valence-electron chi connectivity index (χ2n) is 4.33. The molecule has 0 amide bonds. The summed E-state index contributed by atoms with van der Waals surface area (Å²) >= 11 is 2.55. The van der Waals surface area contributed by atoms with Crippen molar-refractivity contribution in [2.45, 2.75) is 24.2 Å². The molecule has 1 atom stereocenters. The minimum Gasteiger partial charge on any atom is -0.481 e. The van der Waals surface area contributed by atoms with Crippen molar-refractivity contribution < 1.29 is 9.90 Å². The maximum Gasteiger partial charge on any atom is 0.313 e. The Labute approximate surface area is 125 Å². The van der Waals surface area contributed by atoms with Crippen molar-refractivity contribution in [3.63, 3.8) is 0 Å². The van der Waals surface area contributed by atoms with Gasteiger partial charge in [-0.1, -0.05) is 52.9 Å². The van der Waals surface area contributed by atoms with Gasteiger partial charge in [0, 0.05) is 0 Å². The fourth-order valence-corrected chi connectivity index (χ4v) is 3.13. The second kappa shape index (κ2) is 6.71. The van der Waals surface area contributed by atoms with E-state index in [-0.39, 0.29) is 11.8 Å². The van der Waals surface area contributed by atoms with Crippen molar-refractivity contribution >= 4 is 34.2 Å². The molecule has 0 aliphatic heterocycles. The van der Waals surface area contributed by atoms with Gasteiger partial charge in [0.25, 0.3) is 0 Å². The summed E-state index contributed by atoms with van der Waals surface area (Å²) in [6.45, 7) is 4.11. The Morgan fingerprint density at radius 3 is 2.75 bits per heavy atom. The Morgan fingerprint density at radius 2 is 2.10 bits per heavy atom. The number of aryl methyl sites for hydroxylation is 1. The molecule has 0 radical (unpaired) electrons. The maximum absolute atomic E-state index is 10.5. The van der Waals surface area contributed by atoms with Crippen LogP contribution in [-0.2, 0) is 4.79 Å². The van der Waals surface area contributed by atoms with Gasteiger partial charge in [-0.3, -0.25) is 4.79 Å². The lowest BCUT2D eigenvalue weighted by Crippen LogP contribution is -2.06. The molecular weight excluding hydrogens is 294 g/mol. The van der Waals surface area contributed by atoms with E-state index in [0.29, 0.717) is 9.47 Å². The smallest absolute Gasteiger partial charge is 0.313 e. The van der Waals surface area contributed by atoms with Crippen LogP contribution in [0.1, 0.15) is 24.1 Å². The first-order valence-corrected chi connectivity index (χ1v) is 7.86. The minimum absolute atomic E-state index is 0.00213. The van der Waals surface area contributed by atoms with Crippen LogP contribution in [0.5, 0.6) is 0 Å². The van der Waals surface area contributed by atoms with Crippen LogP contribution in [0.4, 0.5) is 5.13 Å². The van der Waals surface area contributed by atoms with Crippen LogP contribution in [-0.4, -0.2) is 27.0 Å². The number of aromatic nitrogens is 2. The topological polar surface area (TPSA) is 75.1 Å². The highest BCUT2D eigenvalue weighted by Crippen LogP contribution is 2.28. The van der Waals surface area contributed by atoms with E-state index in [1.165, 1.54) is 34.2 Å². The number of carbonyl (C=O) groups is 1. The molecule has 20 heavy (non-hydrogen) atoms. The summed E-state index contributed by atoms with van der Waals surface area (Å²) in [6, 6.07) is 8.42. The highest BCUT2D eigenvalue weighted by atomic mass is 32.2. The van der Waals surface area contributed by atoms with Crippen LogP contribution < -0.4 is 5.32 Å². The predicted molar refractivity (Wildman–Crippen MR) is 81.5 cm³/mol. The molecule has 1 aromatic heterocycles. The number of hydrogen-bond acceptors (Lipinski definition) is 6. The zero-order valence-corrected chi connectivity index (χ0v) is 12.8. The summed E-state index contributed by atoms with van der Waals surface area (Å²) < 4.78 is 0.658. The van der Waals surface area contributed by atoms with Gasteiger partial charge in [-0.25, -0.2) is 0 Å². The first-order chi connectivity index (χ1) is 9.54. The third-order valence-corrected chi connectivity index (χ3v) is 4.62. The SMILES string of the molecule is Cc1ccc(C(C)Nc2nnc(SCC(=O)O)s2)cc1. The monoisotopic (exact) mass is 309 g/mol. The van der Waals surface area contributed by atoms with Crippen LogP contribution in [0.3, 0.4) is 0 Å². The third-order valence-electron chi connectivity index (χ3n) is 2.64. The normalized spacial score (nSPS) is 12.1. The molecule has 1 aromatic carbocycles. The number of carboxylic acids is 1. The molecule has 2 N–H and O–H groups in total. The van der Waals surface area contributed by atoms with Gasteiger partial charge >= 0.3 is 5.97 Å². The van der Waals surface area contributed by atoms with Crippen molar-refractivity contribution in [1.82, 2.24) is 10.2 Å². The van der Waals surface area contributed by atoms with E-state index in [9.17, 15) is 4.79 Å². The molecule has 2 rings (SSSR count). The second-order valence-corrected chi connectivity index (χ2v) is 6.53. The summed E-state index contributed by atoms with van der Waals surface area (Å²) in [5.74, 6) is -0.852. The lowest BCUT2D eigenvalue weighted by atomic mass is 10.1. The van der Waals surface area contributed by atoms with E-state index in [0.717, 1.165) is 0 Å². The van der Waals surface area contributed by atoms with Gasteiger partial charge in [-0.15, -0.1) is 10.2 Å². The molecule has 7 heteroatoms. The fraction of sp³-hybridized carbons (Fsp3) is 0.308. The predicted octanol–water partition coefficient (Wildman–Crippen LogP) is 3.20. The van der Waals surface area contributed by atoms with Crippen LogP contribution >= 0.6 is 23.1 Å². The zero-order valence-electron chi connectivity index (χ0n) is 11.2. The summed E-state index contributed by atoms with van der Waals surface area (Å²) in [4.78, 5) is 10.5. The Bertz CT molecular complexity index is 584. The first-order valence-electron chi connectivity index (χ1n) is 6.06. The molecule has 0 bridgehead atoms. The average Bonchev–Trinajstić information content (AvgIpc) is 2.84. The largest absolute Gasteiger partial charge is 0.481 e. The lowest BCUT2D eigenvalue weighted by molar-refractivity contribution is -0.133. The lowest BCUT2D eigenvalue weighted by Gasteiger charge is -2.12. The fourth-order valence-electron chi connectivity index (χ4n) is 1.57. The average molecular weight is 309 g/mol. The molecule has 5 nitrogen and oxygen atoms in total. The summed E-state index contributed by atoms with van der Waals surface area (Å²) in [5, 5.41) is 20.6. The molecule has 0 spiro atoms. The van der Waals surface area contributed by atoms with Crippen molar-refractivity contribution in [3.05, 3.63) is 35.4 Å². The molecule has 0 saturated heterocycles. The van der Waals surface area contributed by atoms with Gasteiger partial charge in [-0.2, -0.15) is 0 Å². The van der Waals surface area contributed by atoms with E-state index in [1.54, 1.807) is 0 Å². The van der Waals surface area contributed by atoms with Crippen molar-refractivity contribution in [2.75, 3.05) is 11.1 Å². The van der Waals surface area contributed by atoms with E-state index in [4.69, 9.17) is 5.11 Å². The first kappa shape index (κ1) is 14.8. The molecule has 0 saturated carbocycles. The van der Waals surface area contributed by atoms with E-state index in [2.05, 4.69) is 53.6 Å². The molecule has 0 aliphatic carbocycles. The van der Waals surface area contributed by atoms with E-state index >= 15 is 0 Å². The zero-order chi connectivity index (χ0) is 14.5. The Kier molecular flexibility index (Phi) is 4.97. The van der Waals surface area contributed by atoms with Gasteiger partial charge in [-0.05, 0) is 19.4 Å². The number of nitrogens with zero attached hydrogens (tertiary/aromatic N) is 2. The number of thioether (sulfide) groups is 1. The number of anilines is 1.